The largest absolute Gasteiger partial charge is 0.494 e. The molecule has 0 bridgehead atoms. The number of benzene rings is 1. The molecule has 32 heavy (non-hydrogen) atoms. The zero-order valence-electron chi connectivity index (χ0n) is 18.3. The van der Waals surface area contributed by atoms with Gasteiger partial charge in [0.15, 0.2) is 4.77 Å². The zero-order chi connectivity index (χ0) is 22.5. The second-order valence-electron chi connectivity index (χ2n) is 8.46. The Morgan fingerprint density at radius 2 is 2.00 bits per heavy atom. The van der Waals surface area contributed by atoms with Gasteiger partial charge in [-0.15, -0.1) is 0 Å². The lowest BCUT2D eigenvalue weighted by Crippen LogP contribution is -2.23. The SMILES string of the molecule is Cc1ccc(C(CCN=Cc2c(O)n(C3CCCCC3)c(=S)[nH]c2=O)c2ccco2)cc1. The third-order valence-electron chi connectivity index (χ3n) is 6.23. The van der Waals surface area contributed by atoms with Crippen molar-refractivity contribution in [2.24, 2.45) is 4.99 Å². The predicted molar refractivity (Wildman–Crippen MR) is 128 cm³/mol. The summed E-state index contributed by atoms with van der Waals surface area (Å²) >= 11 is 5.34. The van der Waals surface area contributed by atoms with Gasteiger partial charge in [-0.25, -0.2) is 0 Å². The first-order valence-corrected chi connectivity index (χ1v) is 11.6. The smallest absolute Gasteiger partial charge is 0.264 e. The molecule has 1 aliphatic carbocycles. The number of hydrogen-bond donors (Lipinski definition) is 2. The summed E-state index contributed by atoms with van der Waals surface area (Å²) in [6, 6.07) is 12.4. The van der Waals surface area contributed by atoms with Crippen LogP contribution >= 0.6 is 12.2 Å². The number of hydrogen-bond acceptors (Lipinski definition) is 5. The number of aromatic amines is 1. The molecule has 0 saturated heterocycles. The van der Waals surface area contributed by atoms with Crippen LogP contribution in [-0.4, -0.2) is 27.4 Å². The number of H-pyrrole nitrogens is 1. The minimum Gasteiger partial charge on any atom is -0.494 e. The van der Waals surface area contributed by atoms with Crippen molar-refractivity contribution in [3.63, 3.8) is 0 Å². The van der Waals surface area contributed by atoms with E-state index in [2.05, 4.69) is 41.2 Å². The van der Waals surface area contributed by atoms with Crippen LogP contribution < -0.4 is 5.56 Å². The molecule has 3 aromatic rings. The van der Waals surface area contributed by atoms with Crippen LogP contribution in [0.3, 0.4) is 0 Å². The molecule has 168 valence electrons. The number of nitrogens with one attached hydrogen (secondary N) is 1. The van der Waals surface area contributed by atoms with Crippen molar-refractivity contribution >= 4 is 18.4 Å². The number of nitrogens with zero attached hydrogens (tertiary/aromatic N) is 2. The summed E-state index contributed by atoms with van der Waals surface area (Å²) in [4.78, 5) is 19.6. The Morgan fingerprint density at radius 1 is 1.25 bits per heavy atom. The monoisotopic (exact) mass is 451 g/mol. The van der Waals surface area contributed by atoms with E-state index in [4.69, 9.17) is 16.6 Å². The minimum absolute atomic E-state index is 0.0665. The van der Waals surface area contributed by atoms with Crippen LogP contribution in [0.5, 0.6) is 5.88 Å². The molecular formula is C25H29N3O3S. The van der Waals surface area contributed by atoms with E-state index in [1.54, 1.807) is 10.8 Å². The molecule has 1 saturated carbocycles. The maximum Gasteiger partial charge on any atom is 0.264 e. The van der Waals surface area contributed by atoms with Gasteiger partial charge < -0.3 is 9.52 Å². The fourth-order valence-corrected chi connectivity index (χ4v) is 4.80. The van der Waals surface area contributed by atoms with E-state index in [0.29, 0.717) is 13.0 Å². The molecule has 0 amide bonds. The highest BCUT2D eigenvalue weighted by molar-refractivity contribution is 7.71. The number of furan rings is 1. The molecule has 1 aromatic carbocycles. The van der Waals surface area contributed by atoms with E-state index < -0.39 is 5.56 Å². The van der Waals surface area contributed by atoms with Crippen molar-refractivity contribution < 1.29 is 9.52 Å². The first kappa shape index (κ1) is 22.3. The fraction of sp³-hybridized carbons (Fsp3) is 0.400. The topological polar surface area (TPSA) is 83.5 Å². The average Bonchev–Trinajstić information content (AvgIpc) is 3.31. The van der Waals surface area contributed by atoms with Crippen molar-refractivity contribution in [2.75, 3.05) is 6.54 Å². The molecule has 2 N–H and O–H groups in total. The van der Waals surface area contributed by atoms with Crippen molar-refractivity contribution in [1.29, 1.82) is 0 Å². The lowest BCUT2D eigenvalue weighted by molar-refractivity contribution is 0.303. The minimum atomic E-state index is -0.413. The van der Waals surface area contributed by atoms with Gasteiger partial charge in [-0.05, 0) is 56.1 Å². The lowest BCUT2D eigenvalue weighted by atomic mass is 9.92. The highest BCUT2D eigenvalue weighted by Crippen LogP contribution is 2.32. The van der Waals surface area contributed by atoms with Crippen LogP contribution in [0.25, 0.3) is 0 Å². The van der Waals surface area contributed by atoms with Crippen molar-refractivity contribution in [1.82, 2.24) is 9.55 Å². The number of rotatable bonds is 7. The molecule has 0 spiro atoms. The van der Waals surface area contributed by atoms with Gasteiger partial charge in [-0.2, -0.15) is 0 Å². The van der Waals surface area contributed by atoms with E-state index in [0.717, 1.165) is 37.0 Å². The van der Waals surface area contributed by atoms with Gasteiger partial charge >= 0.3 is 0 Å². The lowest BCUT2D eigenvalue weighted by Gasteiger charge is -2.25. The van der Waals surface area contributed by atoms with Crippen LogP contribution in [-0.2, 0) is 0 Å². The van der Waals surface area contributed by atoms with Crippen LogP contribution in [0.2, 0.25) is 0 Å². The molecule has 1 unspecified atom stereocenters. The molecule has 4 rings (SSSR count). The molecule has 1 aliphatic rings. The quantitative estimate of drug-likeness (QED) is 0.359. The van der Waals surface area contributed by atoms with Gasteiger partial charge in [-0.1, -0.05) is 49.1 Å². The summed E-state index contributed by atoms with van der Waals surface area (Å²) in [6.07, 6.45) is 9.16. The number of aliphatic imine (C=N–C) groups is 1. The van der Waals surface area contributed by atoms with Crippen LogP contribution in [0.15, 0.2) is 56.9 Å². The van der Waals surface area contributed by atoms with Crippen LogP contribution in [0, 0.1) is 11.7 Å². The Morgan fingerprint density at radius 3 is 2.69 bits per heavy atom. The highest BCUT2D eigenvalue weighted by Gasteiger charge is 2.21. The van der Waals surface area contributed by atoms with Crippen LogP contribution in [0.4, 0.5) is 0 Å². The number of aromatic nitrogens is 2. The van der Waals surface area contributed by atoms with Crippen molar-refractivity contribution in [3.8, 4) is 5.88 Å². The molecule has 1 atom stereocenters. The van der Waals surface area contributed by atoms with Crippen molar-refractivity contribution in [2.45, 2.75) is 57.4 Å². The molecule has 2 aromatic heterocycles. The first-order chi connectivity index (χ1) is 15.5. The molecular weight excluding hydrogens is 422 g/mol. The number of aromatic hydroxyl groups is 1. The molecule has 7 heteroatoms. The standard InChI is InChI=1S/C25H29N3O3S/c1-17-9-11-18(12-10-17)20(22-8-5-15-31-22)13-14-26-16-21-23(29)27-25(32)28(24(21)30)19-6-3-2-4-7-19/h5,8-12,15-16,19-20,30H,2-4,6-7,13-14H2,1H3,(H,27,29,32). The second kappa shape index (κ2) is 10.1. The van der Waals surface area contributed by atoms with Gasteiger partial charge in [0.05, 0.1) is 6.26 Å². The highest BCUT2D eigenvalue weighted by atomic mass is 32.1. The Hall–Kier alpha value is -2.93. The van der Waals surface area contributed by atoms with Gasteiger partial charge in [0.1, 0.15) is 11.3 Å². The predicted octanol–water partition coefficient (Wildman–Crippen LogP) is 5.66. The normalized spacial score (nSPS) is 15.9. The van der Waals surface area contributed by atoms with E-state index in [9.17, 15) is 9.90 Å². The Balaban J connectivity index is 1.53. The summed E-state index contributed by atoms with van der Waals surface area (Å²) in [7, 11) is 0. The van der Waals surface area contributed by atoms with E-state index >= 15 is 0 Å². The molecule has 2 heterocycles. The summed E-state index contributed by atoms with van der Waals surface area (Å²) in [5.41, 5.74) is 2.11. The fourth-order valence-electron chi connectivity index (χ4n) is 4.47. The molecule has 0 aliphatic heterocycles. The summed E-state index contributed by atoms with van der Waals surface area (Å²) < 4.78 is 7.63. The van der Waals surface area contributed by atoms with Crippen LogP contribution in [0.1, 0.15) is 72.9 Å². The average molecular weight is 452 g/mol. The maximum absolute atomic E-state index is 12.5. The van der Waals surface area contributed by atoms with Gasteiger partial charge in [0.25, 0.3) is 5.56 Å². The Kier molecular flexibility index (Phi) is 7.05. The molecule has 6 nitrogen and oxygen atoms in total. The summed E-state index contributed by atoms with van der Waals surface area (Å²) in [6.45, 7) is 2.55. The third kappa shape index (κ3) is 4.93. The van der Waals surface area contributed by atoms with Gasteiger partial charge in [0, 0.05) is 24.7 Å². The van der Waals surface area contributed by atoms with E-state index in [1.807, 2.05) is 12.1 Å². The molecule has 1 fully saturated rings. The second-order valence-corrected chi connectivity index (χ2v) is 8.85. The van der Waals surface area contributed by atoms with E-state index in [-0.39, 0.29) is 28.2 Å². The number of aryl methyl sites for hydroxylation is 1. The Labute approximate surface area is 192 Å². The van der Waals surface area contributed by atoms with E-state index in [1.165, 1.54) is 18.2 Å². The van der Waals surface area contributed by atoms with Gasteiger partial charge in [-0.3, -0.25) is 19.3 Å². The first-order valence-electron chi connectivity index (χ1n) is 11.2. The zero-order valence-corrected chi connectivity index (χ0v) is 19.1. The molecule has 0 radical (unpaired) electrons. The summed E-state index contributed by atoms with van der Waals surface area (Å²) in [5.74, 6) is 0.864. The van der Waals surface area contributed by atoms with Gasteiger partial charge in [0.2, 0.25) is 5.88 Å². The third-order valence-corrected chi connectivity index (χ3v) is 6.53. The Bertz CT molecular complexity index is 1170. The maximum atomic E-state index is 12.5. The van der Waals surface area contributed by atoms with Crippen molar-refractivity contribution in [3.05, 3.63) is 80.2 Å². The summed E-state index contributed by atoms with van der Waals surface area (Å²) in [5, 5.41) is 10.8.